The monoisotopic (exact) mass is 238 g/mol. The van der Waals surface area contributed by atoms with Crippen LogP contribution in [0.4, 0.5) is 5.69 Å². The number of hydrogen-bond donors (Lipinski definition) is 2. The van der Waals surface area contributed by atoms with Gasteiger partial charge in [0.15, 0.2) is 5.65 Å². The van der Waals surface area contributed by atoms with Gasteiger partial charge in [-0.05, 0) is 49.2 Å². The summed E-state index contributed by atoms with van der Waals surface area (Å²) in [5.41, 5.74) is 11.6. The number of rotatable bonds is 1. The van der Waals surface area contributed by atoms with Crippen molar-refractivity contribution < 1.29 is 0 Å². The third-order valence-electron chi connectivity index (χ3n) is 3.14. The molecule has 0 atom stereocenters. The predicted octanol–water partition coefficient (Wildman–Crippen LogP) is 2.82. The highest BCUT2D eigenvalue weighted by atomic mass is 15.0. The molecule has 0 spiro atoms. The molecule has 0 saturated carbocycles. The van der Waals surface area contributed by atoms with Crippen molar-refractivity contribution in [3.8, 4) is 11.4 Å². The number of anilines is 1. The highest BCUT2D eigenvalue weighted by Gasteiger charge is 2.08. The van der Waals surface area contributed by atoms with E-state index in [-0.39, 0.29) is 0 Å². The average molecular weight is 238 g/mol. The maximum Gasteiger partial charge on any atom is 0.178 e. The molecular formula is C14H14N4. The molecule has 0 amide bonds. The SMILES string of the molecule is Cc1cc(-c2nc3nccc(C)c3[nH]2)ccc1N. The van der Waals surface area contributed by atoms with E-state index in [2.05, 4.69) is 15.0 Å². The second kappa shape index (κ2) is 3.84. The van der Waals surface area contributed by atoms with Crippen molar-refractivity contribution in [3.63, 3.8) is 0 Å². The molecule has 0 aliphatic rings. The standard InChI is InChI=1S/C14H14N4/c1-8-5-6-16-14-12(8)17-13(18-14)10-3-4-11(15)9(2)7-10/h3-7H,15H2,1-2H3,(H,16,17,18). The quantitative estimate of drug-likeness (QED) is 0.640. The lowest BCUT2D eigenvalue weighted by Gasteiger charge is -2.01. The second-order valence-electron chi connectivity index (χ2n) is 4.48. The van der Waals surface area contributed by atoms with E-state index in [1.807, 2.05) is 38.1 Å². The zero-order chi connectivity index (χ0) is 12.7. The number of aromatic nitrogens is 3. The van der Waals surface area contributed by atoms with Crippen LogP contribution in [0.1, 0.15) is 11.1 Å². The molecule has 2 aromatic heterocycles. The third-order valence-corrected chi connectivity index (χ3v) is 3.14. The van der Waals surface area contributed by atoms with Crippen molar-refractivity contribution in [2.24, 2.45) is 0 Å². The summed E-state index contributed by atoms with van der Waals surface area (Å²) in [4.78, 5) is 12.1. The minimum Gasteiger partial charge on any atom is -0.399 e. The van der Waals surface area contributed by atoms with E-state index in [1.165, 1.54) is 0 Å². The van der Waals surface area contributed by atoms with Crippen LogP contribution in [-0.2, 0) is 0 Å². The minimum atomic E-state index is 0.750. The van der Waals surface area contributed by atoms with Gasteiger partial charge >= 0.3 is 0 Å². The fourth-order valence-corrected chi connectivity index (χ4v) is 2.00. The molecule has 0 fully saturated rings. The topological polar surface area (TPSA) is 67.6 Å². The number of pyridine rings is 1. The summed E-state index contributed by atoms with van der Waals surface area (Å²) < 4.78 is 0. The first-order valence-electron chi connectivity index (χ1n) is 5.83. The molecule has 4 heteroatoms. The molecule has 2 heterocycles. The van der Waals surface area contributed by atoms with Crippen LogP contribution in [0.25, 0.3) is 22.6 Å². The smallest absolute Gasteiger partial charge is 0.178 e. The molecule has 3 rings (SSSR count). The second-order valence-corrected chi connectivity index (χ2v) is 4.48. The summed E-state index contributed by atoms with van der Waals surface area (Å²) in [7, 11) is 0. The van der Waals surface area contributed by atoms with Gasteiger partial charge in [-0.25, -0.2) is 9.97 Å². The Morgan fingerprint density at radius 1 is 1.11 bits per heavy atom. The largest absolute Gasteiger partial charge is 0.399 e. The normalized spacial score (nSPS) is 11.0. The summed E-state index contributed by atoms with van der Waals surface area (Å²) in [5, 5.41) is 0. The number of aromatic amines is 1. The number of nitrogens with one attached hydrogen (secondary N) is 1. The highest BCUT2D eigenvalue weighted by molar-refractivity contribution is 5.79. The Morgan fingerprint density at radius 2 is 1.94 bits per heavy atom. The van der Waals surface area contributed by atoms with Gasteiger partial charge in [0.1, 0.15) is 5.82 Å². The van der Waals surface area contributed by atoms with E-state index >= 15 is 0 Å². The molecule has 0 saturated heterocycles. The van der Waals surface area contributed by atoms with Crippen molar-refractivity contribution in [1.29, 1.82) is 0 Å². The molecule has 0 unspecified atom stereocenters. The summed E-state index contributed by atoms with van der Waals surface area (Å²) in [6.07, 6.45) is 1.77. The van der Waals surface area contributed by atoms with E-state index in [4.69, 9.17) is 5.73 Å². The molecule has 0 radical (unpaired) electrons. The zero-order valence-electron chi connectivity index (χ0n) is 10.4. The molecule has 4 nitrogen and oxygen atoms in total. The van der Waals surface area contributed by atoms with Crippen LogP contribution >= 0.6 is 0 Å². The van der Waals surface area contributed by atoms with Gasteiger partial charge in [0, 0.05) is 17.4 Å². The number of hydrogen-bond acceptors (Lipinski definition) is 3. The van der Waals surface area contributed by atoms with Crippen LogP contribution in [0, 0.1) is 13.8 Å². The first-order valence-corrected chi connectivity index (χ1v) is 5.83. The number of benzene rings is 1. The number of aryl methyl sites for hydroxylation is 2. The molecular weight excluding hydrogens is 224 g/mol. The lowest BCUT2D eigenvalue weighted by molar-refractivity contribution is 1.29. The van der Waals surface area contributed by atoms with Crippen LogP contribution < -0.4 is 5.73 Å². The minimum absolute atomic E-state index is 0.750. The molecule has 1 aromatic carbocycles. The van der Waals surface area contributed by atoms with E-state index in [9.17, 15) is 0 Å². The first kappa shape index (κ1) is 10.8. The fourth-order valence-electron chi connectivity index (χ4n) is 2.00. The fraction of sp³-hybridized carbons (Fsp3) is 0.143. The maximum atomic E-state index is 5.82. The summed E-state index contributed by atoms with van der Waals surface area (Å²) in [5.74, 6) is 0.829. The molecule has 0 bridgehead atoms. The molecule has 0 aliphatic heterocycles. The van der Waals surface area contributed by atoms with E-state index < -0.39 is 0 Å². The Morgan fingerprint density at radius 3 is 2.67 bits per heavy atom. The Balaban J connectivity index is 2.19. The number of imidazole rings is 1. The van der Waals surface area contributed by atoms with Gasteiger partial charge in [0.2, 0.25) is 0 Å². The van der Waals surface area contributed by atoms with Crippen molar-refractivity contribution in [2.45, 2.75) is 13.8 Å². The van der Waals surface area contributed by atoms with Crippen molar-refractivity contribution in [2.75, 3.05) is 5.73 Å². The Labute approximate surface area is 105 Å². The van der Waals surface area contributed by atoms with Crippen LogP contribution in [0.3, 0.4) is 0 Å². The highest BCUT2D eigenvalue weighted by Crippen LogP contribution is 2.23. The van der Waals surface area contributed by atoms with Gasteiger partial charge in [-0.3, -0.25) is 0 Å². The van der Waals surface area contributed by atoms with Crippen molar-refractivity contribution >= 4 is 16.9 Å². The molecule has 3 aromatic rings. The predicted molar refractivity (Wildman–Crippen MR) is 73.2 cm³/mol. The zero-order valence-corrected chi connectivity index (χ0v) is 10.4. The number of nitrogens with zero attached hydrogens (tertiary/aromatic N) is 2. The number of H-pyrrole nitrogens is 1. The first-order chi connectivity index (χ1) is 8.65. The Kier molecular flexibility index (Phi) is 2.30. The molecule has 0 aliphatic carbocycles. The average Bonchev–Trinajstić information content (AvgIpc) is 2.78. The summed E-state index contributed by atoms with van der Waals surface area (Å²) in [6, 6.07) is 7.87. The van der Waals surface area contributed by atoms with Crippen molar-refractivity contribution in [3.05, 3.63) is 41.6 Å². The third kappa shape index (κ3) is 1.62. The number of fused-ring (bicyclic) bond motifs is 1. The van der Waals surface area contributed by atoms with Crippen LogP contribution in [0.2, 0.25) is 0 Å². The molecule has 18 heavy (non-hydrogen) atoms. The lowest BCUT2D eigenvalue weighted by atomic mass is 10.1. The number of nitrogens with two attached hydrogens (primary N) is 1. The molecule has 3 N–H and O–H groups in total. The van der Waals surface area contributed by atoms with Gasteiger partial charge in [0.25, 0.3) is 0 Å². The van der Waals surface area contributed by atoms with E-state index in [1.54, 1.807) is 6.20 Å². The van der Waals surface area contributed by atoms with E-state index in [0.29, 0.717) is 0 Å². The summed E-state index contributed by atoms with van der Waals surface area (Å²) in [6.45, 7) is 4.03. The Hall–Kier alpha value is -2.36. The maximum absolute atomic E-state index is 5.82. The van der Waals surface area contributed by atoms with Gasteiger partial charge in [-0.1, -0.05) is 0 Å². The van der Waals surface area contributed by atoms with Crippen LogP contribution in [0.15, 0.2) is 30.5 Å². The van der Waals surface area contributed by atoms with Gasteiger partial charge in [-0.15, -0.1) is 0 Å². The summed E-state index contributed by atoms with van der Waals surface area (Å²) >= 11 is 0. The van der Waals surface area contributed by atoms with E-state index in [0.717, 1.165) is 39.4 Å². The van der Waals surface area contributed by atoms with Crippen LogP contribution in [0.5, 0.6) is 0 Å². The van der Waals surface area contributed by atoms with Gasteiger partial charge in [-0.2, -0.15) is 0 Å². The molecule has 90 valence electrons. The van der Waals surface area contributed by atoms with Crippen LogP contribution in [-0.4, -0.2) is 15.0 Å². The van der Waals surface area contributed by atoms with Gasteiger partial charge < -0.3 is 10.7 Å². The lowest BCUT2D eigenvalue weighted by Crippen LogP contribution is -1.90. The van der Waals surface area contributed by atoms with Gasteiger partial charge in [0.05, 0.1) is 5.52 Å². The van der Waals surface area contributed by atoms with Crippen molar-refractivity contribution in [1.82, 2.24) is 15.0 Å². The number of nitrogen functional groups attached to an aromatic ring is 1. The Bertz CT molecular complexity index is 728.